The molecule has 2 aliphatic carbocycles. The molecule has 0 aromatic carbocycles. The van der Waals surface area contributed by atoms with Crippen LogP contribution < -0.4 is 10.5 Å². The van der Waals surface area contributed by atoms with Gasteiger partial charge in [0.2, 0.25) is 5.88 Å². The number of fused-ring (bicyclic) bond motifs is 1. The topological polar surface area (TPSA) is 48.1 Å². The largest absolute Gasteiger partial charge is 0.471 e. The van der Waals surface area contributed by atoms with E-state index in [2.05, 4.69) is 24.9 Å². The number of pyridine rings is 1. The summed E-state index contributed by atoms with van der Waals surface area (Å²) in [4.78, 5) is 4.57. The maximum Gasteiger partial charge on any atom is 0.218 e. The van der Waals surface area contributed by atoms with E-state index >= 15 is 0 Å². The van der Waals surface area contributed by atoms with Crippen LogP contribution in [0, 0.1) is 5.41 Å². The number of hydrogen-bond acceptors (Lipinski definition) is 3. The van der Waals surface area contributed by atoms with E-state index in [0.717, 1.165) is 30.7 Å². The molecular weight excluding hydrogens is 236 g/mol. The predicted molar refractivity (Wildman–Crippen MR) is 74.1 cm³/mol. The third kappa shape index (κ3) is 1.71. The van der Waals surface area contributed by atoms with E-state index in [1.807, 2.05) is 6.20 Å². The fourth-order valence-electron chi connectivity index (χ4n) is 3.70. The van der Waals surface area contributed by atoms with E-state index in [4.69, 9.17) is 10.5 Å². The minimum Gasteiger partial charge on any atom is -0.471 e. The Morgan fingerprint density at radius 3 is 2.63 bits per heavy atom. The molecule has 19 heavy (non-hydrogen) atoms. The number of ether oxygens (including phenoxy) is 1. The van der Waals surface area contributed by atoms with Gasteiger partial charge in [0, 0.05) is 24.2 Å². The third-order valence-corrected chi connectivity index (χ3v) is 5.39. The first-order valence-electron chi connectivity index (χ1n) is 7.44. The van der Waals surface area contributed by atoms with E-state index < -0.39 is 0 Å². The van der Waals surface area contributed by atoms with Crippen molar-refractivity contribution in [2.45, 2.75) is 63.5 Å². The molecule has 2 fully saturated rings. The first-order valence-corrected chi connectivity index (χ1v) is 7.44. The molecule has 2 heterocycles. The summed E-state index contributed by atoms with van der Waals surface area (Å²) in [6.45, 7) is 4.63. The molecule has 0 radical (unpaired) electrons. The number of nitrogens with zero attached hydrogens (tertiary/aromatic N) is 1. The summed E-state index contributed by atoms with van der Waals surface area (Å²) in [7, 11) is 0. The molecule has 3 heteroatoms. The zero-order chi connectivity index (χ0) is 13.3. The van der Waals surface area contributed by atoms with Gasteiger partial charge in [-0.15, -0.1) is 0 Å². The van der Waals surface area contributed by atoms with E-state index in [1.165, 1.54) is 18.4 Å². The Morgan fingerprint density at radius 1 is 1.32 bits per heavy atom. The van der Waals surface area contributed by atoms with E-state index in [-0.39, 0.29) is 11.6 Å². The number of nitrogens with two attached hydrogens (primary N) is 1. The second kappa shape index (κ2) is 3.51. The molecule has 0 bridgehead atoms. The zero-order valence-electron chi connectivity index (χ0n) is 11.8. The molecule has 2 N–H and O–H groups in total. The van der Waals surface area contributed by atoms with Gasteiger partial charge in [-0.05, 0) is 48.6 Å². The quantitative estimate of drug-likeness (QED) is 0.840. The smallest absolute Gasteiger partial charge is 0.218 e. The summed E-state index contributed by atoms with van der Waals surface area (Å²) < 4.78 is 6.14. The second-order valence-corrected chi connectivity index (χ2v) is 7.36. The van der Waals surface area contributed by atoms with E-state index in [1.54, 1.807) is 0 Å². The molecule has 0 saturated heterocycles. The zero-order valence-corrected chi connectivity index (χ0v) is 11.8. The molecule has 2 saturated carbocycles. The Kier molecular flexibility index (Phi) is 2.17. The average Bonchev–Trinajstić information content (AvgIpc) is 2.96. The van der Waals surface area contributed by atoms with E-state index in [9.17, 15) is 0 Å². The van der Waals surface area contributed by atoms with Crippen LogP contribution in [0.1, 0.15) is 69.0 Å². The monoisotopic (exact) mass is 258 g/mol. The fourth-order valence-corrected chi connectivity index (χ4v) is 3.70. The lowest BCUT2D eigenvalue weighted by Gasteiger charge is -2.46. The average molecular weight is 258 g/mol. The molecule has 3 aliphatic rings. The van der Waals surface area contributed by atoms with Crippen molar-refractivity contribution in [1.82, 2.24) is 4.98 Å². The van der Waals surface area contributed by atoms with Crippen molar-refractivity contribution >= 4 is 0 Å². The molecule has 4 rings (SSSR count). The first kappa shape index (κ1) is 11.7. The molecule has 1 aliphatic heterocycles. The van der Waals surface area contributed by atoms with Crippen LogP contribution in [-0.2, 0) is 0 Å². The molecule has 3 nitrogen and oxygen atoms in total. The maximum absolute atomic E-state index is 6.37. The van der Waals surface area contributed by atoms with Crippen molar-refractivity contribution in [3.05, 3.63) is 23.4 Å². The lowest BCUT2D eigenvalue weighted by atomic mass is 9.73. The Bertz CT molecular complexity index is 534. The Balaban J connectivity index is 1.67. The summed E-state index contributed by atoms with van der Waals surface area (Å²) >= 11 is 0. The van der Waals surface area contributed by atoms with Crippen molar-refractivity contribution in [3.63, 3.8) is 0 Å². The molecule has 2 atom stereocenters. The van der Waals surface area contributed by atoms with Gasteiger partial charge in [0.1, 0.15) is 5.60 Å². The predicted octanol–water partition coefficient (Wildman–Crippen LogP) is 3.30. The summed E-state index contributed by atoms with van der Waals surface area (Å²) in [5.41, 5.74) is 9.28. The Morgan fingerprint density at radius 2 is 2.05 bits per heavy atom. The first-order chi connectivity index (χ1) is 8.99. The van der Waals surface area contributed by atoms with Crippen molar-refractivity contribution < 1.29 is 4.74 Å². The van der Waals surface area contributed by atoms with Gasteiger partial charge in [-0.2, -0.15) is 0 Å². The van der Waals surface area contributed by atoms with Crippen LogP contribution in [0.4, 0.5) is 0 Å². The van der Waals surface area contributed by atoms with Gasteiger partial charge in [0.15, 0.2) is 0 Å². The van der Waals surface area contributed by atoms with Crippen LogP contribution in [0.2, 0.25) is 0 Å². The molecular formula is C16H22N2O. The third-order valence-electron chi connectivity index (χ3n) is 5.39. The highest BCUT2D eigenvalue weighted by atomic mass is 16.5. The molecule has 0 amide bonds. The van der Waals surface area contributed by atoms with Crippen LogP contribution >= 0.6 is 0 Å². The van der Waals surface area contributed by atoms with Gasteiger partial charge in [0.05, 0.1) is 0 Å². The van der Waals surface area contributed by atoms with Gasteiger partial charge in [-0.3, -0.25) is 0 Å². The molecule has 1 aromatic rings. The highest BCUT2D eigenvalue weighted by molar-refractivity contribution is 5.39. The Labute approximate surface area is 114 Å². The number of hydrogen-bond donors (Lipinski definition) is 1. The van der Waals surface area contributed by atoms with Crippen LogP contribution in [0.3, 0.4) is 0 Å². The number of rotatable bonds is 1. The van der Waals surface area contributed by atoms with Crippen molar-refractivity contribution in [3.8, 4) is 5.88 Å². The van der Waals surface area contributed by atoms with Crippen LogP contribution in [0.15, 0.2) is 12.3 Å². The minimum absolute atomic E-state index is 0.0137. The highest BCUT2D eigenvalue weighted by Gasteiger charge is 2.48. The van der Waals surface area contributed by atoms with Gasteiger partial charge < -0.3 is 10.5 Å². The summed E-state index contributed by atoms with van der Waals surface area (Å²) in [5, 5.41) is 0. The van der Waals surface area contributed by atoms with Gasteiger partial charge in [-0.1, -0.05) is 13.8 Å². The van der Waals surface area contributed by atoms with Gasteiger partial charge in [-0.25, -0.2) is 4.98 Å². The molecule has 0 unspecified atom stereocenters. The molecule has 1 aromatic heterocycles. The van der Waals surface area contributed by atoms with Crippen LogP contribution in [-0.4, -0.2) is 10.6 Å². The molecule has 102 valence electrons. The van der Waals surface area contributed by atoms with Crippen molar-refractivity contribution in [1.29, 1.82) is 0 Å². The second-order valence-electron chi connectivity index (χ2n) is 7.36. The SMILES string of the molecule is CC1(C)C[C@H]1c1cnc2c(c1)[C@@H](N)CC1(CCC1)O2. The van der Waals surface area contributed by atoms with Crippen LogP contribution in [0.25, 0.3) is 0 Å². The lowest BCUT2D eigenvalue weighted by Crippen LogP contribution is -2.48. The Hall–Kier alpha value is -1.09. The fraction of sp³-hybridized carbons (Fsp3) is 0.688. The van der Waals surface area contributed by atoms with Crippen LogP contribution in [0.5, 0.6) is 5.88 Å². The number of aromatic nitrogens is 1. The van der Waals surface area contributed by atoms with Gasteiger partial charge >= 0.3 is 0 Å². The van der Waals surface area contributed by atoms with Gasteiger partial charge in [0.25, 0.3) is 0 Å². The highest BCUT2D eigenvalue weighted by Crippen LogP contribution is 2.59. The lowest BCUT2D eigenvalue weighted by molar-refractivity contribution is -0.0369. The molecule has 1 spiro atoms. The van der Waals surface area contributed by atoms with Crippen molar-refractivity contribution in [2.75, 3.05) is 0 Å². The summed E-state index contributed by atoms with van der Waals surface area (Å²) in [6, 6.07) is 2.34. The summed E-state index contributed by atoms with van der Waals surface area (Å²) in [6.07, 6.45) is 7.75. The maximum atomic E-state index is 6.37. The van der Waals surface area contributed by atoms with E-state index in [0.29, 0.717) is 11.3 Å². The normalized spacial score (nSPS) is 33.2. The minimum atomic E-state index is 0.0137. The summed E-state index contributed by atoms with van der Waals surface area (Å²) in [5.74, 6) is 1.44. The van der Waals surface area contributed by atoms with Crippen molar-refractivity contribution in [2.24, 2.45) is 11.1 Å². The standard InChI is InChI=1S/C16H22N2O/c1-15(2)7-12(15)10-6-11-13(17)8-16(4-3-5-16)19-14(11)18-9-10/h6,9,12-13H,3-5,7-8,17H2,1-2H3/t12-,13-/m0/s1.